The molecule has 0 radical (unpaired) electrons. The molecule has 1 aliphatic heterocycles. The van der Waals surface area contributed by atoms with E-state index in [4.69, 9.17) is 30.4 Å². The van der Waals surface area contributed by atoms with E-state index in [1.165, 1.54) is 19.3 Å². The van der Waals surface area contributed by atoms with E-state index >= 15 is 0 Å². The Balaban J connectivity index is 1.68. The summed E-state index contributed by atoms with van der Waals surface area (Å²) in [4.78, 5) is 40.3. The van der Waals surface area contributed by atoms with Gasteiger partial charge >= 0.3 is 5.97 Å². The average molecular weight is 573 g/mol. The largest absolute Gasteiger partial charge is 0.507 e. The Labute approximate surface area is 234 Å². The molecule has 1 heterocycles. The number of allylic oxidation sites excluding steroid dienone is 4. The zero-order valence-electron chi connectivity index (χ0n) is 22.4. The van der Waals surface area contributed by atoms with Crippen LogP contribution in [0.1, 0.15) is 38.8 Å². The number of hydrogen-bond donors (Lipinski definition) is 6. The highest BCUT2D eigenvalue weighted by molar-refractivity contribution is 6.21. The molecule has 0 spiro atoms. The molecule has 0 aromatic heterocycles. The molecule has 4 aliphatic rings. The van der Waals surface area contributed by atoms with Gasteiger partial charge in [0.1, 0.15) is 35.7 Å². The number of rotatable bonds is 6. The predicted octanol–water partition coefficient (Wildman–Crippen LogP) is -0.363. The first-order valence-electron chi connectivity index (χ1n) is 13.1. The Kier molecular flexibility index (Phi) is 7.42. The fourth-order valence-electron chi connectivity index (χ4n) is 5.71. The number of hydrogen-bond acceptors (Lipinski definition) is 13. The fraction of sp³-hybridized carbons (Fsp3) is 0.464. The minimum absolute atomic E-state index is 0.0339. The highest BCUT2D eigenvalue weighted by Gasteiger charge is 2.51. The Bertz CT molecular complexity index is 1400. The summed E-state index contributed by atoms with van der Waals surface area (Å²) in [5, 5.41) is 45.1. The van der Waals surface area contributed by atoms with Crippen LogP contribution in [0.5, 0.6) is 11.5 Å². The average Bonchev–Trinajstić information content (AvgIpc) is 2.95. The Morgan fingerprint density at radius 1 is 1.17 bits per heavy atom. The SMILES string of the molecule is COC1=CC=CC2C(=O)c3c(O)c4c(c(O)c3C(=O)C12)C(OC1OCC(C)C(N)C1O)=CC(O)(C(=O)OCCN)C4. The summed E-state index contributed by atoms with van der Waals surface area (Å²) in [6.45, 7) is 1.60. The molecule has 13 heteroatoms. The van der Waals surface area contributed by atoms with E-state index in [1.54, 1.807) is 13.0 Å². The van der Waals surface area contributed by atoms with Gasteiger partial charge in [0.25, 0.3) is 0 Å². The summed E-state index contributed by atoms with van der Waals surface area (Å²) in [6.07, 6.45) is 2.09. The molecule has 5 rings (SSSR count). The van der Waals surface area contributed by atoms with Crippen LogP contribution < -0.4 is 11.5 Å². The number of methoxy groups -OCH3 is 1. The van der Waals surface area contributed by atoms with E-state index in [0.29, 0.717) is 0 Å². The smallest absolute Gasteiger partial charge is 0.342 e. The molecule has 0 saturated carbocycles. The van der Waals surface area contributed by atoms with Crippen molar-refractivity contribution in [3.05, 3.63) is 52.3 Å². The Hall–Kier alpha value is -3.75. The van der Waals surface area contributed by atoms with Crippen molar-refractivity contribution in [2.75, 3.05) is 26.9 Å². The normalized spacial score (nSPS) is 32.2. The van der Waals surface area contributed by atoms with Gasteiger partial charge in [-0.05, 0) is 12.0 Å². The fourth-order valence-corrected chi connectivity index (χ4v) is 5.71. The lowest BCUT2D eigenvalue weighted by atomic mass is 9.69. The van der Waals surface area contributed by atoms with E-state index in [9.17, 15) is 34.8 Å². The third-order valence-corrected chi connectivity index (χ3v) is 7.97. The first-order chi connectivity index (χ1) is 19.4. The van der Waals surface area contributed by atoms with Gasteiger partial charge in [-0.3, -0.25) is 9.59 Å². The summed E-state index contributed by atoms with van der Waals surface area (Å²) in [5.41, 5.74) is 7.60. The number of benzene rings is 1. The molecule has 7 unspecified atom stereocenters. The number of aromatic hydroxyl groups is 2. The minimum atomic E-state index is -2.45. The monoisotopic (exact) mass is 572 g/mol. The second kappa shape index (κ2) is 10.6. The summed E-state index contributed by atoms with van der Waals surface area (Å²) in [5.74, 6) is -6.49. The van der Waals surface area contributed by atoms with Gasteiger partial charge in [-0.2, -0.15) is 0 Å². The van der Waals surface area contributed by atoms with Crippen LogP contribution >= 0.6 is 0 Å². The minimum Gasteiger partial charge on any atom is -0.507 e. The second-order valence-corrected chi connectivity index (χ2v) is 10.6. The molecule has 13 nitrogen and oxygen atoms in total. The van der Waals surface area contributed by atoms with Gasteiger partial charge in [0.15, 0.2) is 17.2 Å². The van der Waals surface area contributed by atoms with Crippen molar-refractivity contribution >= 4 is 23.3 Å². The molecule has 8 N–H and O–H groups in total. The van der Waals surface area contributed by atoms with Crippen LogP contribution in [0.4, 0.5) is 0 Å². The van der Waals surface area contributed by atoms with Gasteiger partial charge in [-0.15, -0.1) is 0 Å². The molecule has 41 heavy (non-hydrogen) atoms. The molecule has 1 saturated heterocycles. The lowest BCUT2D eigenvalue weighted by molar-refractivity contribution is -0.203. The van der Waals surface area contributed by atoms with E-state index in [1.807, 2.05) is 0 Å². The lowest BCUT2D eigenvalue weighted by Crippen LogP contribution is -2.54. The first kappa shape index (κ1) is 28.8. The van der Waals surface area contributed by atoms with E-state index in [2.05, 4.69) is 0 Å². The number of phenolic OH excluding ortho intramolecular Hbond substituents is 2. The summed E-state index contributed by atoms with van der Waals surface area (Å²) in [7, 11) is 1.35. The van der Waals surface area contributed by atoms with Crippen molar-refractivity contribution in [3.8, 4) is 11.5 Å². The number of aliphatic hydroxyl groups is 2. The molecule has 3 aliphatic carbocycles. The molecule has 1 fully saturated rings. The highest BCUT2D eigenvalue weighted by atomic mass is 16.7. The van der Waals surface area contributed by atoms with Crippen LogP contribution in [0, 0.1) is 17.8 Å². The van der Waals surface area contributed by atoms with Gasteiger partial charge in [-0.1, -0.05) is 19.1 Å². The van der Waals surface area contributed by atoms with E-state index in [-0.39, 0.29) is 42.6 Å². The van der Waals surface area contributed by atoms with E-state index < -0.39 is 88.2 Å². The maximum absolute atomic E-state index is 13.8. The number of aliphatic hydroxyl groups excluding tert-OH is 1. The van der Waals surface area contributed by atoms with Crippen molar-refractivity contribution in [1.82, 2.24) is 0 Å². The molecule has 1 aromatic rings. The molecule has 0 bridgehead atoms. The van der Waals surface area contributed by atoms with Crippen molar-refractivity contribution in [2.45, 2.75) is 37.4 Å². The van der Waals surface area contributed by atoms with Crippen LogP contribution in [0.15, 0.2) is 30.1 Å². The number of ketones is 2. The number of carbonyl (C=O) groups is 3. The second-order valence-electron chi connectivity index (χ2n) is 10.6. The molecular formula is C28H32N2O11. The van der Waals surface area contributed by atoms with Crippen molar-refractivity contribution in [1.29, 1.82) is 0 Å². The summed E-state index contributed by atoms with van der Waals surface area (Å²) >= 11 is 0. The van der Waals surface area contributed by atoms with Crippen molar-refractivity contribution in [2.24, 2.45) is 29.2 Å². The van der Waals surface area contributed by atoms with Gasteiger partial charge < -0.3 is 50.8 Å². The van der Waals surface area contributed by atoms with Crippen LogP contribution in [0.25, 0.3) is 5.76 Å². The van der Waals surface area contributed by atoms with E-state index in [0.717, 1.165) is 6.08 Å². The van der Waals surface area contributed by atoms with Gasteiger partial charge in [0.05, 0.1) is 42.2 Å². The van der Waals surface area contributed by atoms with Gasteiger partial charge in [-0.25, -0.2) is 4.79 Å². The molecule has 7 atom stereocenters. The number of nitrogens with two attached hydrogens (primary N) is 2. The third kappa shape index (κ3) is 4.50. The number of esters is 1. The predicted molar refractivity (Wildman–Crippen MR) is 140 cm³/mol. The molecule has 1 aromatic carbocycles. The Morgan fingerprint density at radius 3 is 2.56 bits per heavy atom. The number of ether oxygens (including phenoxy) is 4. The molecule has 0 amide bonds. The topological polar surface area (TPSA) is 221 Å². The molecular weight excluding hydrogens is 540 g/mol. The van der Waals surface area contributed by atoms with Gasteiger partial charge in [0.2, 0.25) is 6.29 Å². The number of carbonyl (C=O) groups excluding carboxylic acids is 3. The van der Waals surface area contributed by atoms with Crippen molar-refractivity contribution in [3.63, 3.8) is 0 Å². The highest BCUT2D eigenvalue weighted by Crippen LogP contribution is 2.51. The quantitative estimate of drug-likeness (QED) is 0.190. The number of Topliss-reactive ketones (excluding diaryl/α,β-unsaturated/α-hetero) is 2. The van der Waals surface area contributed by atoms with Gasteiger partial charge in [0, 0.05) is 30.6 Å². The number of phenols is 2. The maximum Gasteiger partial charge on any atom is 0.342 e. The van der Waals surface area contributed by atoms with Crippen LogP contribution in [0.2, 0.25) is 0 Å². The lowest BCUT2D eigenvalue weighted by Gasteiger charge is -2.39. The zero-order chi connectivity index (χ0) is 29.8. The van der Waals surface area contributed by atoms with Crippen molar-refractivity contribution < 1.29 is 53.8 Å². The van der Waals surface area contributed by atoms with Crippen LogP contribution in [-0.4, -0.2) is 88.9 Å². The number of fused-ring (bicyclic) bond motifs is 3. The third-order valence-electron chi connectivity index (χ3n) is 7.97. The summed E-state index contributed by atoms with van der Waals surface area (Å²) in [6, 6.07) is -0.758. The maximum atomic E-state index is 13.8. The van der Waals surface area contributed by atoms with Crippen LogP contribution in [-0.2, 0) is 30.2 Å². The Morgan fingerprint density at radius 2 is 1.88 bits per heavy atom. The van der Waals surface area contributed by atoms with Crippen LogP contribution in [0.3, 0.4) is 0 Å². The zero-order valence-corrected chi connectivity index (χ0v) is 22.4. The standard InChI is InChI=1S/C28H32N2O11/c1-11-10-40-26(25(35)20(11)30)41-15-9-28(37,27(36)39-7-6-29)8-13-17(15)24(34)19-18(22(13)32)21(31)12-4-3-5-14(38-2)16(12)23(19)33/h3-5,9,11-12,16,20,25-26,32,34-35,37H,6-8,10,29-30H2,1-2H3. The first-order valence-corrected chi connectivity index (χ1v) is 13.1. The summed E-state index contributed by atoms with van der Waals surface area (Å²) < 4.78 is 21.8. The molecule has 220 valence electrons.